The van der Waals surface area contributed by atoms with E-state index in [2.05, 4.69) is 46.5 Å². The lowest BCUT2D eigenvalue weighted by Gasteiger charge is -2.15. The highest BCUT2D eigenvalue weighted by Crippen LogP contribution is 2.11. The summed E-state index contributed by atoms with van der Waals surface area (Å²) in [7, 11) is 0. The average molecular weight is 285 g/mol. The molecule has 0 aliphatic rings. The molecule has 0 bridgehead atoms. The van der Waals surface area contributed by atoms with Crippen LogP contribution in [0.1, 0.15) is 41.2 Å². The van der Waals surface area contributed by atoms with Gasteiger partial charge in [0.1, 0.15) is 5.82 Å². The first-order chi connectivity index (χ1) is 9.97. The molecule has 21 heavy (non-hydrogen) atoms. The molecule has 1 unspecified atom stereocenters. The number of aromatic nitrogens is 2. The van der Waals surface area contributed by atoms with E-state index in [0.29, 0.717) is 5.82 Å². The maximum atomic E-state index is 12.0. The quantitative estimate of drug-likeness (QED) is 0.887. The molecule has 2 rings (SSSR count). The van der Waals surface area contributed by atoms with Gasteiger partial charge in [-0.15, -0.1) is 0 Å². The average Bonchev–Trinajstić information content (AvgIpc) is 2.37. The first-order valence-electron chi connectivity index (χ1n) is 7.33. The van der Waals surface area contributed by atoms with Gasteiger partial charge in [0.25, 0.3) is 5.56 Å². The van der Waals surface area contributed by atoms with Crippen molar-refractivity contribution < 1.29 is 0 Å². The van der Waals surface area contributed by atoms with Crippen LogP contribution in [0.2, 0.25) is 0 Å². The van der Waals surface area contributed by atoms with Gasteiger partial charge in [-0.1, -0.05) is 29.8 Å². The summed E-state index contributed by atoms with van der Waals surface area (Å²) in [5, 5.41) is 3.41. The van der Waals surface area contributed by atoms with Crippen LogP contribution in [-0.2, 0) is 6.42 Å². The maximum absolute atomic E-state index is 12.0. The van der Waals surface area contributed by atoms with Crippen molar-refractivity contribution in [2.75, 3.05) is 6.54 Å². The molecule has 1 atom stereocenters. The highest BCUT2D eigenvalue weighted by atomic mass is 16.1. The van der Waals surface area contributed by atoms with Crippen LogP contribution in [0.25, 0.3) is 0 Å². The summed E-state index contributed by atoms with van der Waals surface area (Å²) in [5.74, 6) is 0.660. The van der Waals surface area contributed by atoms with Crippen molar-refractivity contribution in [1.29, 1.82) is 0 Å². The Balaban J connectivity index is 1.99. The fourth-order valence-corrected chi connectivity index (χ4v) is 2.65. The molecule has 112 valence electrons. The normalized spacial score (nSPS) is 12.4. The Hall–Kier alpha value is -1.94. The molecule has 1 aromatic heterocycles. The Morgan fingerprint density at radius 2 is 2.05 bits per heavy atom. The third-order valence-electron chi connectivity index (χ3n) is 3.64. The predicted molar refractivity (Wildman–Crippen MR) is 85.6 cm³/mol. The zero-order valence-corrected chi connectivity index (χ0v) is 13.2. The Bertz CT molecular complexity index is 676. The highest BCUT2D eigenvalue weighted by Gasteiger charge is 2.13. The molecule has 0 saturated heterocycles. The number of aromatic amines is 1. The molecule has 0 aliphatic carbocycles. The predicted octanol–water partition coefficient (Wildman–Crippen LogP) is 2.59. The summed E-state index contributed by atoms with van der Waals surface area (Å²) in [6.07, 6.45) is 0.947. The van der Waals surface area contributed by atoms with Crippen LogP contribution in [0.4, 0.5) is 0 Å². The molecule has 0 spiro atoms. The van der Waals surface area contributed by atoms with E-state index in [0.717, 1.165) is 24.2 Å². The molecule has 1 heterocycles. The van der Waals surface area contributed by atoms with Crippen LogP contribution in [-0.4, -0.2) is 16.5 Å². The van der Waals surface area contributed by atoms with Crippen molar-refractivity contribution in [2.45, 2.75) is 40.2 Å². The Labute approximate surface area is 125 Å². The number of nitrogens with one attached hydrogen (secondary N) is 2. The molecule has 0 aliphatic heterocycles. The van der Waals surface area contributed by atoms with E-state index in [9.17, 15) is 4.79 Å². The molecule has 0 radical (unpaired) electrons. The van der Waals surface area contributed by atoms with Gasteiger partial charge in [0.2, 0.25) is 0 Å². The molecule has 2 aromatic rings. The van der Waals surface area contributed by atoms with E-state index >= 15 is 0 Å². The van der Waals surface area contributed by atoms with E-state index in [1.165, 1.54) is 11.1 Å². The standard InChI is InChI=1S/C17H23N3O/c1-11-6-5-7-15(10-11)8-9-18-12(2)16-13(3)19-14(4)20-17(16)21/h5-7,10,12,18H,8-9H2,1-4H3,(H,19,20,21). The molecule has 0 amide bonds. The van der Waals surface area contributed by atoms with E-state index in [-0.39, 0.29) is 11.6 Å². The van der Waals surface area contributed by atoms with Gasteiger partial charge >= 0.3 is 0 Å². The van der Waals surface area contributed by atoms with E-state index in [1.54, 1.807) is 6.92 Å². The largest absolute Gasteiger partial charge is 0.310 e. The minimum absolute atomic E-state index is 0.00772. The zero-order valence-electron chi connectivity index (χ0n) is 13.2. The molecule has 4 heteroatoms. The van der Waals surface area contributed by atoms with Gasteiger partial charge in [-0.05, 0) is 46.2 Å². The van der Waals surface area contributed by atoms with Gasteiger partial charge in [0, 0.05) is 11.7 Å². The Kier molecular flexibility index (Phi) is 4.91. The van der Waals surface area contributed by atoms with Crippen LogP contribution < -0.4 is 10.9 Å². The highest BCUT2D eigenvalue weighted by molar-refractivity contribution is 5.23. The topological polar surface area (TPSA) is 57.8 Å². The minimum Gasteiger partial charge on any atom is -0.310 e. The van der Waals surface area contributed by atoms with E-state index < -0.39 is 0 Å². The molecule has 2 N–H and O–H groups in total. The molecular formula is C17H23N3O. The van der Waals surface area contributed by atoms with Crippen molar-refractivity contribution >= 4 is 0 Å². The number of rotatable bonds is 5. The number of hydrogen-bond acceptors (Lipinski definition) is 3. The van der Waals surface area contributed by atoms with Gasteiger partial charge in [-0.25, -0.2) is 4.98 Å². The summed E-state index contributed by atoms with van der Waals surface area (Å²) < 4.78 is 0. The third-order valence-corrected chi connectivity index (χ3v) is 3.64. The molecule has 1 aromatic carbocycles. The number of benzene rings is 1. The van der Waals surface area contributed by atoms with Crippen LogP contribution >= 0.6 is 0 Å². The minimum atomic E-state index is -0.0458. The van der Waals surface area contributed by atoms with Gasteiger partial charge < -0.3 is 10.3 Å². The number of hydrogen-bond donors (Lipinski definition) is 2. The summed E-state index contributed by atoms with van der Waals surface area (Å²) in [5.41, 5.74) is 4.06. The lowest BCUT2D eigenvalue weighted by atomic mass is 10.1. The van der Waals surface area contributed by atoms with Crippen molar-refractivity contribution in [3.8, 4) is 0 Å². The van der Waals surface area contributed by atoms with Crippen molar-refractivity contribution in [3.63, 3.8) is 0 Å². The Morgan fingerprint density at radius 3 is 2.71 bits per heavy atom. The smallest absolute Gasteiger partial charge is 0.255 e. The second-order valence-electron chi connectivity index (χ2n) is 5.57. The van der Waals surface area contributed by atoms with Gasteiger partial charge in [-0.2, -0.15) is 0 Å². The molecular weight excluding hydrogens is 262 g/mol. The number of aryl methyl sites for hydroxylation is 3. The summed E-state index contributed by atoms with van der Waals surface area (Å²) in [4.78, 5) is 19.2. The fraction of sp³-hybridized carbons (Fsp3) is 0.412. The zero-order chi connectivity index (χ0) is 15.4. The van der Waals surface area contributed by atoms with Crippen molar-refractivity contribution in [1.82, 2.24) is 15.3 Å². The Morgan fingerprint density at radius 1 is 1.29 bits per heavy atom. The van der Waals surface area contributed by atoms with Gasteiger partial charge in [0.05, 0.1) is 5.56 Å². The summed E-state index contributed by atoms with van der Waals surface area (Å²) in [6.45, 7) is 8.62. The first kappa shape index (κ1) is 15.4. The SMILES string of the molecule is Cc1cccc(CCNC(C)c2c(C)nc(C)[nH]c2=O)c1. The molecule has 0 fully saturated rings. The van der Waals surface area contributed by atoms with Gasteiger partial charge in [-0.3, -0.25) is 4.79 Å². The fourth-order valence-electron chi connectivity index (χ4n) is 2.65. The second kappa shape index (κ2) is 6.68. The van der Waals surface area contributed by atoms with Crippen LogP contribution in [0.3, 0.4) is 0 Å². The monoisotopic (exact) mass is 285 g/mol. The molecule has 4 nitrogen and oxygen atoms in total. The van der Waals surface area contributed by atoms with E-state index in [4.69, 9.17) is 0 Å². The van der Waals surface area contributed by atoms with Crippen LogP contribution in [0.15, 0.2) is 29.1 Å². The van der Waals surface area contributed by atoms with Crippen molar-refractivity contribution in [3.05, 3.63) is 62.8 Å². The summed E-state index contributed by atoms with van der Waals surface area (Å²) >= 11 is 0. The van der Waals surface area contributed by atoms with Crippen LogP contribution in [0.5, 0.6) is 0 Å². The van der Waals surface area contributed by atoms with Crippen molar-refractivity contribution in [2.24, 2.45) is 0 Å². The number of H-pyrrole nitrogens is 1. The number of nitrogens with zero attached hydrogens (tertiary/aromatic N) is 1. The summed E-state index contributed by atoms with van der Waals surface area (Å²) in [6, 6.07) is 8.49. The maximum Gasteiger partial charge on any atom is 0.255 e. The molecule has 0 saturated carbocycles. The van der Waals surface area contributed by atoms with E-state index in [1.807, 2.05) is 13.8 Å². The van der Waals surface area contributed by atoms with Crippen LogP contribution in [0, 0.1) is 20.8 Å². The second-order valence-corrected chi connectivity index (χ2v) is 5.57. The lowest BCUT2D eigenvalue weighted by Crippen LogP contribution is -2.29. The lowest BCUT2D eigenvalue weighted by molar-refractivity contribution is 0.565. The van der Waals surface area contributed by atoms with Gasteiger partial charge in [0.15, 0.2) is 0 Å². The third kappa shape index (κ3) is 4.02. The first-order valence-corrected chi connectivity index (χ1v) is 7.33.